The largest absolute Gasteiger partial charge is 0.488 e. The predicted octanol–water partition coefficient (Wildman–Crippen LogP) is 8.84. The first-order valence-electron chi connectivity index (χ1n) is 11.0. The fraction of sp³-hybridized carbons (Fsp3) is 0.538. The summed E-state index contributed by atoms with van der Waals surface area (Å²) in [7, 11) is 0. The summed E-state index contributed by atoms with van der Waals surface area (Å²) in [5.74, 6) is 0.936. The molecule has 0 spiro atoms. The van der Waals surface area contributed by atoms with Crippen LogP contribution < -0.4 is 4.74 Å². The van der Waals surface area contributed by atoms with Crippen molar-refractivity contribution in [3.63, 3.8) is 0 Å². The van der Waals surface area contributed by atoms with E-state index in [9.17, 15) is 0 Å². The third-order valence-corrected chi connectivity index (χ3v) is 6.26. The van der Waals surface area contributed by atoms with Gasteiger partial charge in [-0.1, -0.05) is 109 Å². The van der Waals surface area contributed by atoms with E-state index in [1.807, 2.05) is 6.07 Å². The van der Waals surface area contributed by atoms with Crippen LogP contribution in [0.4, 0.5) is 0 Å². The first-order chi connectivity index (χ1) is 13.5. The molecular weight excluding hydrogens is 408 g/mol. The minimum Gasteiger partial charge on any atom is -0.488 e. The minimum absolute atomic E-state index is 0.174. The summed E-state index contributed by atoms with van der Waals surface area (Å²) >= 11 is 3.64. The molecule has 154 valence electrons. The Morgan fingerprint density at radius 2 is 1.46 bits per heavy atom. The van der Waals surface area contributed by atoms with Crippen LogP contribution in [0, 0.1) is 0 Å². The summed E-state index contributed by atoms with van der Waals surface area (Å²) in [6.07, 6.45) is 12.2. The van der Waals surface area contributed by atoms with Gasteiger partial charge in [-0.25, -0.2) is 0 Å². The maximum absolute atomic E-state index is 6.10. The fourth-order valence-electron chi connectivity index (χ4n) is 3.62. The third kappa shape index (κ3) is 7.99. The molecule has 2 rings (SSSR count). The molecule has 0 saturated carbocycles. The van der Waals surface area contributed by atoms with E-state index in [1.54, 1.807) is 0 Å². The highest BCUT2D eigenvalue weighted by Gasteiger charge is 2.21. The zero-order valence-corrected chi connectivity index (χ0v) is 19.6. The lowest BCUT2D eigenvalue weighted by Crippen LogP contribution is -2.17. The Kier molecular flexibility index (Phi) is 10.1. The second-order valence-corrected chi connectivity index (χ2v) is 9.38. The number of rotatable bonds is 13. The van der Waals surface area contributed by atoms with Crippen LogP contribution in [0.15, 0.2) is 53.0 Å². The Hall–Kier alpha value is -1.28. The summed E-state index contributed by atoms with van der Waals surface area (Å²) in [4.78, 5) is 0. The van der Waals surface area contributed by atoms with Gasteiger partial charge < -0.3 is 4.74 Å². The molecule has 0 aliphatic carbocycles. The van der Waals surface area contributed by atoms with Crippen molar-refractivity contribution in [2.24, 2.45) is 0 Å². The van der Waals surface area contributed by atoms with Crippen LogP contribution in [0.3, 0.4) is 0 Å². The quantitative estimate of drug-likeness (QED) is 0.280. The molecule has 0 bridgehead atoms. The van der Waals surface area contributed by atoms with E-state index in [0.29, 0.717) is 6.61 Å². The van der Waals surface area contributed by atoms with Crippen LogP contribution in [-0.4, -0.2) is 0 Å². The average Bonchev–Trinajstić information content (AvgIpc) is 2.70. The molecule has 0 amide bonds. The van der Waals surface area contributed by atoms with E-state index < -0.39 is 0 Å². The Bertz CT molecular complexity index is 678. The smallest absolute Gasteiger partial charge is 0.134 e. The third-order valence-electron chi connectivity index (χ3n) is 5.61. The Morgan fingerprint density at radius 1 is 0.821 bits per heavy atom. The van der Waals surface area contributed by atoms with Crippen LogP contribution in [0.2, 0.25) is 0 Å². The lowest BCUT2D eigenvalue weighted by molar-refractivity contribution is 0.303. The van der Waals surface area contributed by atoms with Crippen molar-refractivity contribution in [1.29, 1.82) is 0 Å². The number of hydrogen-bond acceptors (Lipinski definition) is 1. The molecular formula is C26H37BrO. The highest BCUT2D eigenvalue weighted by atomic mass is 79.9. The molecule has 2 heteroatoms. The molecule has 0 atom stereocenters. The van der Waals surface area contributed by atoms with Gasteiger partial charge in [-0.05, 0) is 51.0 Å². The van der Waals surface area contributed by atoms with Gasteiger partial charge in [0.15, 0.2) is 0 Å². The number of unbranched alkanes of at least 4 members (excludes halogenated alkanes) is 7. The van der Waals surface area contributed by atoms with Crippen LogP contribution in [-0.2, 0) is 12.0 Å². The molecule has 0 aromatic heterocycles. The summed E-state index contributed by atoms with van der Waals surface area (Å²) in [5, 5.41) is 0. The zero-order valence-electron chi connectivity index (χ0n) is 18.0. The second kappa shape index (κ2) is 12.3. The Balaban J connectivity index is 1.83. The molecule has 0 unspecified atom stereocenters. The minimum atomic E-state index is 0.174. The van der Waals surface area contributed by atoms with Crippen molar-refractivity contribution >= 4 is 15.9 Å². The van der Waals surface area contributed by atoms with Gasteiger partial charge in [0.25, 0.3) is 0 Å². The van der Waals surface area contributed by atoms with Crippen LogP contribution in [0.25, 0.3) is 0 Å². The number of benzene rings is 2. The van der Waals surface area contributed by atoms with E-state index in [4.69, 9.17) is 4.74 Å². The molecule has 0 fully saturated rings. The molecule has 0 aliphatic heterocycles. The SMILES string of the molecule is CCCCCCCCCCC(C)(C)c1ccc(Br)c(OCc2ccccc2)c1. The van der Waals surface area contributed by atoms with Gasteiger partial charge in [0.2, 0.25) is 0 Å². The monoisotopic (exact) mass is 444 g/mol. The molecule has 28 heavy (non-hydrogen) atoms. The molecule has 0 radical (unpaired) electrons. The highest BCUT2D eigenvalue weighted by Crippen LogP contribution is 2.35. The van der Waals surface area contributed by atoms with Gasteiger partial charge in [0.1, 0.15) is 12.4 Å². The van der Waals surface area contributed by atoms with Crippen molar-refractivity contribution in [2.75, 3.05) is 0 Å². The maximum atomic E-state index is 6.10. The van der Waals surface area contributed by atoms with Crippen molar-refractivity contribution in [3.8, 4) is 5.75 Å². The van der Waals surface area contributed by atoms with Crippen molar-refractivity contribution in [2.45, 2.75) is 90.6 Å². The molecule has 0 saturated heterocycles. The first kappa shape index (κ1) is 23.0. The van der Waals surface area contributed by atoms with Gasteiger partial charge in [-0.3, -0.25) is 0 Å². The summed E-state index contributed by atoms with van der Waals surface area (Å²) in [5.41, 5.74) is 2.73. The van der Waals surface area contributed by atoms with Gasteiger partial charge in [-0.2, -0.15) is 0 Å². The molecule has 1 nitrogen and oxygen atoms in total. The van der Waals surface area contributed by atoms with Crippen molar-refractivity contribution in [1.82, 2.24) is 0 Å². The lowest BCUT2D eigenvalue weighted by Gasteiger charge is -2.26. The van der Waals surface area contributed by atoms with E-state index in [-0.39, 0.29) is 5.41 Å². The first-order valence-corrected chi connectivity index (χ1v) is 11.8. The zero-order chi connectivity index (χ0) is 20.2. The molecule has 0 heterocycles. The standard InChI is InChI=1S/C26H37BrO/c1-4-5-6-7-8-9-10-14-19-26(2,3)23-17-18-24(27)25(20-23)28-21-22-15-12-11-13-16-22/h11-13,15-18,20H,4-10,14,19,21H2,1-3H3. The van der Waals surface area contributed by atoms with E-state index in [0.717, 1.165) is 10.2 Å². The number of halogens is 1. The van der Waals surface area contributed by atoms with Crippen LogP contribution in [0.5, 0.6) is 5.75 Å². The highest BCUT2D eigenvalue weighted by molar-refractivity contribution is 9.10. The topological polar surface area (TPSA) is 9.23 Å². The van der Waals surface area contributed by atoms with Gasteiger partial charge in [0.05, 0.1) is 4.47 Å². The van der Waals surface area contributed by atoms with E-state index >= 15 is 0 Å². The van der Waals surface area contributed by atoms with Crippen molar-refractivity contribution < 1.29 is 4.74 Å². The van der Waals surface area contributed by atoms with Gasteiger partial charge in [0, 0.05) is 0 Å². The summed E-state index contributed by atoms with van der Waals surface area (Å²) < 4.78 is 7.12. The molecule has 0 N–H and O–H groups in total. The fourth-order valence-corrected chi connectivity index (χ4v) is 3.98. The average molecular weight is 445 g/mol. The van der Waals surface area contributed by atoms with Gasteiger partial charge in [-0.15, -0.1) is 0 Å². The molecule has 2 aromatic carbocycles. The van der Waals surface area contributed by atoms with Crippen LogP contribution >= 0.6 is 15.9 Å². The molecule has 0 aliphatic rings. The number of hydrogen-bond donors (Lipinski definition) is 0. The lowest BCUT2D eigenvalue weighted by atomic mass is 9.80. The summed E-state index contributed by atoms with van der Waals surface area (Å²) in [6.45, 7) is 7.60. The maximum Gasteiger partial charge on any atom is 0.134 e. The predicted molar refractivity (Wildman–Crippen MR) is 125 cm³/mol. The van der Waals surface area contributed by atoms with Gasteiger partial charge >= 0.3 is 0 Å². The Morgan fingerprint density at radius 3 is 2.14 bits per heavy atom. The van der Waals surface area contributed by atoms with E-state index in [1.165, 1.54) is 68.9 Å². The normalized spacial score (nSPS) is 11.6. The van der Waals surface area contributed by atoms with Crippen LogP contribution in [0.1, 0.15) is 89.7 Å². The van der Waals surface area contributed by atoms with E-state index in [2.05, 4.69) is 79.2 Å². The Labute approximate surface area is 181 Å². The summed E-state index contributed by atoms with van der Waals surface area (Å²) in [6, 6.07) is 16.9. The molecule has 2 aromatic rings. The number of ether oxygens (including phenoxy) is 1. The second-order valence-electron chi connectivity index (χ2n) is 8.53. The van der Waals surface area contributed by atoms with Crippen molar-refractivity contribution in [3.05, 3.63) is 64.1 Å².